The number of hydrogen-bond donors (Lipinski definition) is 2. The summed E-state index contributed by atoms with van der Waals surface area (Å²) < 4.78 is 10.2. The van der Waals surface area contributed by atoms with E-state index >= 15 is 0 Å². The zero-order chi connectivity index (χ0) is 18.9. The van der Waals surface area contributed by atoms with Crippen molar-refractivity contribution < 1.29 is 19.1 Å². The summed E-state index contributed by atoms with van der Waals surface area (Å²) in [4.78, 5) is 23.7. The van der Waals surface area contributed by atoms with Crippen LogP contribution >= 0.6 is 11.6 Å². The number of anilines is 1. The maximum atomic E-state index is 11.9. The monoisotopic (exact) mass is 375 g/mol. The topological polar surface area (TPSA) is 89.0 Å². The fourth-order valence-corrected chi connectivity index (χ4v) is 2.25. The number of ether oxygens (including phenoxy) is 2. The summed E-state index contributed by atoms with van der Waals surface area (Å²) in [6.07, 6.45) is 1.02. The minimum Gasteiger partial charge on any atom is -0.497 e. The molecule has 2 amide bonds. The van der Waals surface area contributed by atoms with Crippen LogP contribution in [-0.4, -0.2) is 32.2 Å². The number of benzene rings is 2. The van der Waals surface area contributed by atoms with E-state index < -0.39 is 11.8 Å². The SMILES string of the molecule is COc1cccc(NC(=O)CC(=O)NN=Cc2cc(Cl)ccc2OC)c1. The summed E-state index contributed by atoms with van der Waals surface area (Å²) in [7, 11) is 3.05. The van der Waals surface area contributed by atoms with Crippen LogP contribution in [0.25, 0.3) is 0 Å². The molecule has 2 aromatic carbocycles. The van der Waals surface area contributed by atoms with Gasteiger partial charge in [-0.05, 0) is 30.3 Å². The Balaban J connectivity index is 1.88. The zero-order valence-corrected chi connectivity index (χ0v) is 15.0. The molecule has 26 heavy (non-hydrogen) atoms. The van der Waals surface area contributed by atoms with Crippen molar-refractivity contribution in [3.8, 4) is 11.5 Å². The first-order valence-corrected chi connectivity index (χ1v) is 7.99. The van der Waals surface area contributed by atoms with Gasteiger partial charge in [-0.15, -0.1) is 0 Å². The van der Waals surface area contributed by atoms with Crippen molar-refractivity contribution in [2.45, 2.75) is 6.42 Å². The Morgan fingerprint density at radius 2 is 1.92 bits per heavy atom. The number of methoxy groups -OCH3 is 2. The first-order valence-electron chi connectivity index (χ1n) is 7.61. The second-order valence-corrected chi connectivity index (χ2v) is 5.57. The quantitative estimate of drug-likeness (QED) is 0.442. The van der Waals surface area contributed by atoms with Crippen LogP contribution in [0.2, 0.25) is 5.02 Å². The van der Waals surface area contributed by atoms with Crippen LogP contribution in [0.15, 0.2) is 47.6 Å². The molecule has 0 aliphatic rings. The van der Waals surface area contributed by atoms with E-state index in [2.05, 4.69) is 15.8 Å². The van der Waals surface area contributed by atoms with E-state index in [0.29, 0.717) is 27.8 Å². The highest BCUT2D eigenvalue weighted by Crippen LogP contribution is 2.20. The smallest absolute Gasteiger partial charge is 0.249 e. The molecule has 2 N–H and O–H groups in total. The first kappa shape index (κ1) is 19.3. The van der Waals surface area contributed by atoms with Crippen molar-refractivity contribution >= 4 is 35.3 Å². The predicted molar refractivity (Wildman–Crippen MR) is 100.0 cm³/mol. The first-order chi connectivity index (χ1) is 12.5. The summed E-state index contributed by atoms with van der Waals surface area (Å²) in [6.45, 7) is 0. The average molecular weight is 376 g/mol. The Bertz CT molecular complexity index is 824. The highest BCUT2D eigenvalue weighted by Gasteiger charge is 2.09. The minimum atomic E-state index is -0.553. The number of hydrazone groups is 1. The second kappa shape index (κ2) is 9.43. The maximum Gasteiger partial charge on any atom is 0.249 e. The van der Waals surface area contributed by atoms with E-state index in [0.717, 1.165) is 0 Å². The Hall–Kier alpha value is -3.06. The molecule has 0 fully saturated rings. The number of rotatable bonds is 7. The molecule has 0 saturated heterocycles. The molecule has 0 saturated carbocycles. The van der Waals surface area contributed by atoms with Gasteiger partial charge in [0, 0.05) is 22.3 Å². The summed E-state index contributed by atoms with van der Waals surface area (Å²) in [6, 6.07) is 11.8. The van der Waals surface area contributed by atoms with Crippen LogP contribution in [0.5, 0.6) is 11.5 Å². The third kappa shape index (κ3) is 5.78. The molecule has 0 aliphatic carbocycles. The highest BCUT2D eigenvalue weighted by molar-refractivity contribution is 6.30. The van der Waals surface area contributed by atoms with E-state index in [1.54, 1.807) is 42.5 Å². The van der Waals surface area contributed by atoms with Gasteiger partial charge in [0.1, 0.15) is 17.9 Å². The van der Waals surface area contributed by atoms with Gasteiger partial charge < -0.3 is 14.8 Å². The molecule has 8 heteroatoms. The number of nitrogens with zero attached hydrogens (tertiary/aromatic N) is 1. The van der Waals surface area contributed by atoms with Gasteiger partial charge in [-0.1, -0.05) is 17.7 Å². The van der Waals surface area contributed by atoms with Crippen molar-refractivity contribution in [2.75, 3.05) is 19.5 Å². The van der Waals surface area contributed by atoms with Crippen LogP contribution in [0.3, 0.4) is 0 Å². The second-order valence-electron chi connectivity index (χ2n) is 5.14. The van der Waals surface area contributed by atoms with Gasteiger partial charge in [0.2, 0.25) is 11.8 Å². The van der Waals surface area contributed by atoms with Crippen molar-refractivity contribution in [2.24, 2.45) is 5.10 Å². The lowest BCUT2D eigenvalue weighted by molar-refractivity contribution is -0.126. The van der Waals surface area contributed by atoms with Gasteiger partial charge in [0.25, 0.3) is 0 Å². The third-order valence-corrected chi connectivity index (χ3v) is 3.49. The van der Waals surface area contributed by atoms with Crippen LogP contribution in [0.1, 0.15) is 12.0 Å². The van der Waals surface area contributed by atoms with Gasteiger partial charge in [-0.3, -0.25) is 9.59 Å². The largest absolute Gasteiger partial charge is 0.497 e. The van der Waals surface area contributed by atoms with E-state index in [4.69, 9.17) is 21.1 Å². The molecule has 2 aromatic rings. The Kier molecular flexibility index (Phi) is 6.99. The molecule has 7 nitrogen and oxygen atoms in total. The molecule has 0 heterocycles. The van der Waals surface area contributed by atoms with E-state index in [9.17, 15) is 9.59 Å². The molecule has 0 aromatic heterocycles. The van der Waals surface area contributed by atoms with Gasteiger partial charge in [-0.25, -0.2) is 5.43 Å². The molecule has 2 rings (SSSR count). The van der Waals surface area contributed by atoms with Crippen LogP contribution < -0.4 is 20.2 Å². The zero-order valence-electron chi connectivity index (χ0n) is 14.3. The molecule has 0 atom stereocenters. The van der Waals surface area contributed by atoms with Crippen molar-refractivity contribution in [3.63, 3.8) is 0 Å². The van der Waals surface area contributed by atoms with Gasteiger partial charge in [0.05, 0.1) is 20.4 Å². The normalized spacial score (nSPS) is 10.4. The van der Waals surface area contributed by atoms with Crippen LogP contribution in [0, 0.1) is 0 Å². The minimum absolute atomic E-state index is 0.374. The number of nitrogens with one attached hydrogen (secondary N) is 2. The lowest BCUT2D eigenvalue weighted by Gasteiger charge is -2.06. The maximum absolute atomic E-state index is 11.9. The summed E-state index contributed by atoms with van der Waals surface area (Å²) >= 11 is 5.92. The Morgan fingerprint density at radius 3 is 2.65 bits per heavy atom. The number of hydrogen-bond acceptors (Lipinski definition) is 5. The lowest BCUT2D eigenvalue weighted by atomic mass is 10.2. The molecule has 0 bridgehead atoms. The fourth-order valence-electron chi connectivity index (χ4n) is 2.07. The predicted octanol–water partition coefficient (Wildman–Crippen LogP) is 2.84. The van der Waals surface area contributed by atoms with Gasteiger partial charge in [0.15, 0.2) is 0 Å². The molecular weight excluding hydrogens is 358 g/mol. The Morgan fingerprint density at radius 1 is 1.12 bits per heavy atom. The molecule has 136 valence electrons. The van der Waals surface area contributed by atoms with Gasteiger partial charge in [-0.2, -0.15) is 5.10 Å². The number of carbonyl (C=O) groups is 2. The fraction of sp³-hybridized carbons (Fsp3) is 0.167. The van der Waals surface area contributed by atoms with E-state index in [-0.39, 0.29) is 6.42 Å². The summed E-state index contributed by atoms with van der Waals surface area (Å²) in [5.74, 6) is 0.143. The van der Waals surface area contributed by atoms with Crippen LogP contribution in [-0.2, 0) is 9.59 Å². The molecule has 0 aliphatic heterocycles. The highest BCUT2D eigenvalue weighted by atomic mass is 35.5. The summed E-state index contributed by atoms with van der Waals surface area (Å²) in [5.41, 5.74) is 3.42. The van der Waals surface area contributed by atoms with E-state index in [1.807, 2.05) is 0 Å². The van der Waals surface area contributed by atoms with Crippen molar-refractivity contribution in [1.29, 1.82) is 0 Å². The van der Waals surface area contributed by atoms with Crippen molar-refractivity contribution in [1.82, 2.24) is 5.43 Å². The van der Waals surface area contributed by atoms with Gasteiger partial charge >= 0.3 is 0 Å². The Labute approximate surface area is 155 Å². The third-order valence-electron chi connectivity index (χ3n) is 3.26. The standard InChI is InChI=1S/C18H18ClN3O4/c1-25-15-5-3-4-14(9-15)21-17(23)10-18(24)22-20-11-12-8-13(19)6-7-16(12)26-2/h3-9,11H,10H2,1-2H3,(H,21,23)(H,22,24). The number of carbonyl (C=O) groups excluding carboxylic acids is 2. The molecule has 0 radical (unpaired) electrons. The van der Waals surface area contributed by atoms with Crippen LogP contribution in [0.4, 0.5) is 5.69 Å². The summed E-state index contributed by atoms with van der Waals surface area (Å²) in [5, 5.41) is 6.94. The molecule has 0 spiro atoms. The molecule has 0 unspecified atom stereocenters. The van der Waals surface area contributed by atoms with Crippen molar-refractivity contribution in [3.05, 3.63) is 53.1 Å². The molecular formula is C18H18ClN3O4. The van der Waals surface area contributed by atoms with E-state index in [1.165, 1.54) is 20.4 Å². The average Bonchev–Trinajstić information content (AvgIpc) is 2.62. The lowest BCUT2D eigenvalue weighted by Crippen LogP contribution is -2.24. The number of amides is 2. The number of halogens is 1.